The van der Waals surface area contributed by atoms with Gasteiger partial charge in [-0.3, -0.25) is 4.79 Å². The fourth-order valence-electron chi connectivity index (χ4n) is 1.70. The van der Waals surface area contributed by atoms with Crippen molar-refractivity contribution in [3.8, 4) is 0 Å². The van der Waals surface area contributed by atoms with Crippen LogP contribution in [0, 0.1) is 0 Å². The normalized spacial score (nSPS) is 17.8. The maximum atomic E-state index is 11.8. The number of hydrogen-bond acceptors (Lipinski definition) is 3. The number of hydrogen-bond donors (Lipinski definition) is 0. The molecule has 0 aromatic carbocycles. The van der Waals surface area contributed by atoms with Crippen molar-refractivity contribution >= 4 is 23.6 Å². The minimum absolute atomic E-state index is 0.0438. The molecule has 0 saturated carbocycles. The van der Waals surface area contributed by atoms with Gasteiger partial charge in [0.25, 0.3) is 0 Å². The van der Waals surface area contributed by atoms with Crippen molar-refractivity contribution in [3.63, 3.8) is 0 Å². The average Bonchev–Trinajstić information content (AvgIpc) is 2.37. The van der Waals surface area contributed by atoms with Gasteiger partial charge >= 0.3 is 6.09 Å². The molecule has 1 atom stereocenters. The van der Waals surface area contributed by atoms with Gasteiger partial charge in [-0.05, 0) is 13.3 Å². The van der Waals surface area contributed by atoms with Crippen molar-refractivity contribution in [2.45, 2.75) is 25.6 Å². The van der Waals surface area contributed by atoms with E-state index in [9.17, 15) is 9.59 Å². The predicted octanol–water partition coefficient (Wildman–Crippen LogP) is 1.30. The lowest BCUT2D eigenvalue weighted by molar-refractivity contribution is -0.132. The lowest BCUT2D eigenvalue weighted by atomic mass is 10.2. The Labute approximate surface area is 107 Å². The predicted molar refractivity (Wildman–Crippen MR) is 65.1 cm³/mol. The van der Waals surface area contributed by atoms with Crippen LogP contribution in [-0.4, -0.2) is 60.0 Å². The molecule has 0 unspecified atom stereocenters. The second-order valence-corrected chi connectivity index (χ2v) is 4.41. The van der Waals surface area contributed by atoms with E-state index < -0.39 is 5.38 Å². The van der Waals surface area contributed by atoms with Crippen molar-refractivity contribution in [1.29, 1.82) is 0 Å². The first-order valence-corrected chi connectivity index (χ1v) is 6.38. The number of amides is 2. The number of carbonyl (C=O) groups excluding carboxylic acids is 2. The summed E-state index contributed by atoms with van der Waals surface area (Å²) in [6.45, 7) is 6.11. The molecule has 1 aliphatic heterocycles. The van der Waals surface area contributed by atoms with Crippen LogP contribution in [0.25, 0.3) is 0 Å². The summed E-state index contributed by atoms with van der Waals surface area (Å²) in [5.74, 6) is -0.0438. The minimum atomic E-state index is -0.454. The topological polar surface area (TPSA) is 49.9 Å². The monoisotopic (exact) mass is 262 g/mol. The molecule has 1 saturated heterocycles. The van der Waals surface area contributed by atoms with Crippen molar-refractivity contribution < 1.29 is 14.3 Å². The smallest absolute Gasteiger partial charge is 0.409 e. The van der Waals surface area contributed by atoms with Crippen LogP contribution in [0.2, 0.25) is 0 Å². The molecule has 1 rings (SSSR count). The van der Waals surface area contributed by atoms with Crippen molar-refractivity contribution in [1.82, 2.24) is 9.80 Å². The highest BCUT2D eigenvalue weighted by molar-refractivity contribution is 6.30. The molecule has 0 radical (unpaired) electrons. The second kappa shape index (κ2) is 6.69. The zero-order valence-corrected chi connectivity index (χ0v) is 11.1. The maximum absolute atomic E-state index is 11.8. The van der Waals surface area contributed by atoms with Crippen LogP contribution in [0.4, 0.5) is 4.79 Å². The van der Waals surface area contributed by atoms with Gasteiger partial charge in [-0.25, -0.2) is 4.79 Å². The van der Waals surface area contributed by atoms with Gasteiger partial charge in [-0.1, -0.05) is 6.92 Å². The van der Waals surface area contributed by atoms with Crippen molar-refractivity contribution in [3.05, 3.63) is 0 Å². The Morgan fingerprint density at radius 2 is 1.71 bits per heavy atom. The van der Waals surface area contributed by atoms with E-state index in [1.54, 1.807) is 16.7 Å². The van der Waals surface area contributed by atoms with Crippen LogP contribution in [-0.2, 0) is 9.53 Å². The van der Waals surface area contributed by atoms with Gasteiger partial charge in [0.05, 0.1) is 6.61 Å². The van der Waals surface area contributed by atoms with Crippen LogP contribution < -0.4 is 0 Å². The molecule has 0 aromatic rings. The fourth-order valence-corrected chi connectivity index (χ4v) is 1.83. The summed E-state index contributed by atoms with van der Waals surface area (Å²) in [7, 11) is 0. The number of rotatable bonds is 3. The first-order chi connectivity index (χ1) is 8.10. The highest BCUT2D eigenvalue weighted by Crippen LogP contribution is 2.10. The summed E-state index contributed by atoms with van der Waals surface area (Å²) < 4.78 is 4.90. The number of alkyl halides is 1. The Bertz CT molecular complexity index is 278. The van der Waals surface area contributed by atoms with Crippen LogP contribution in [0.5, 0.6) is 0 Å². The molecular formula is C11H19ClN2O3. The highest BCUT2D eigenvalue weighted by atomic mass is 35.5. The van der Waals surface area contributed by atoms with Crippen LogP contribution in [0.15, 0.2) is 0 Å². The van der Waals surface area contributed by atoms with E-state index in [-0.39, 0.29) is 12.0 Å². The third kappa shape index (κ3) is 3.77. The van der Waals surface area contributed by atoms with Crippen LogP contribution in [0.1, 0.15) is 20.3 Å². The third-order valence-electron chi connectivity index (χ3n) is 2.74. The van der Waals surface area contributed by atoms with Crippen molar-refractivity contribution in [2.24, 2.45) is 0 Å². The number of ether oxygens (including phenoxy) is 1. The van der Waals surface area contributed by atoms with Crippen LogP contribution >= 0.6 is 11.6 Å². The Hall–Kier alpha value is -0.970. The Balaban J connectivity index is 2.40. The zero-order valence-electron chi connectivity index (χ0n) is 10.3. The largest absolute Gasteiger partial charge is 0.450 e. The summed E-state index contributed by atoms with van der Waals surface area (Å²) in [6, 6.07) is 0. The molecular weight excluding hydrogens is 244 g/mol. The molecule has 1 fully saturated rings. The number of piperazine rings is 1. The molecule has 0 aliphatic carbocycles. The standard InChI is InChI=1S/C11H19ClN2O3/c1-3-9(12)10(15)13-5-7-14(8-6-13)11(16)17-4-2/h9H,3-8H2,1-2H3/t9-/m0/s1. The molecule has 0 N–H and O–H groups in total. The van der Waals surface area contributed by atoms with Gasteiger partial charge in [0.1, 0.15) is 5.38 Å². The second-order valence-electron chi connectivity index (χ2n) is 3.89. The number of halogens is 1. The Kier molecular flexibility index (Phi) is 5.55. The molecule has 5 nitrogen and oxygen atoms in total. The maximum Gasteiger partial charge on any atom is 0.409 e. The molecule has 2 amide bonds. The summed E-state index contributed by atoms with van der Waals surface area (Å²) in [4.78, 5) is 26.5. The Morgan fingerprint density at radius 1 is 1.18 bits per heavy atom. The minimum Gasteiger partial charge on any atom is -0.450 e. The molecule has 1 heterocycles. The van der Waals surface area contributed by atoms with Gasteiger partial charge in [0.2, 0.25) is 5.91 Å². The molecule has 17 heavy (non-hydrogen) atoms. The zero-order chi connectivity index (χ0) is 12.8. The highest BCUT2D eigenvalue weighted by Gasteiger charge is 2.27. The van der Waals surface area contributed by atoms with Gasteiger partial charge in [-0.15, -0.1) is 11.6 Å². The van der Waals surface area contributed by atoms with Gasteiger partial charge in [0, 0.05) is 26.2 Å². The van der Waals surface area contributed by atoms with E-state index in [4.69, 9.17) is 16.3 Å². The number of nitrogens with zero attached hydrogens (tertiary/aromatic N) is 2. The molecule has 98 valence electrons. The van der Waals surface area contributed by atoms with E-state index in [1.807, 2.05) is 6.92 Å². The van der Waals surface area contributed by atoms with Gasteiger partial charge in [0.15, 0.2) is 0 Å². The van der Waals surface area contributed by atoms with E-state index in [1.165, 1.54) is 0 Å². The fraction of sp³-hybridized carbons (Fsp3) is 0.818. The SMILES string of the molecule is CCOC(=O)N1CCN(C(=O)[C@@H](Cl)CC)CC1. The summed E-state index contributed by atoms with van der Waals surface area (Å²) in [6.07, 6.45) is 0.316. The quantitative estimate of drug-likeness (QED) is 0.721. The molecule has 0 bridgehead atoms. The summed E-state index contributed by atoms with van der Waals surface area (Å²) in [5, 5.41) is -0.454. The lowest BCUT2D eigenvalue weighted by Crippen LogP contribution is -2.52. The van der Waals surface area contributed by atoms with Crippen LogP contribution in [0.3, 0.4) is 0 Å². The Morgan fingerprint density at radius 3 is 2.18 bits per heavy atom. The van der Waals surface area contributed by atoms with E-state index >= 15 is 0 Å². The van der Waals surface area contributed by atoms with E-state index in [2.05, 4.69) is 0 Å². The molecule has 0 spiro atoms. The first kappa shape index (κ1) is 14.1. The number of carbonyl (C=O) groups is 2. The molecule has 6 heteroatoms. The third-order valence-corrected chi connectivity index (χ3v) is 3.24. The first-order valence-electron chi connectivity index (χ1n) is 5.94. The van der Waals surface area contributed by atoms with E-state index in [0.717, 1.165) is 0 Å². The summed E-state index contributed by atoms with van der Waals surface area (Å²) >= 11 is 5.90. The lowest BCUT2D eigenvalue weighted by Gasteiger charge is -2.34. The van der Waals surface area contributed by atoms with Gasteiger partial charge in [-0.2, -0.15) is 0 Å². The van der Waals surface area contributed by atoms with Crippen molar-refractivity contribution in [2.75, 3.05) is 32.8 Å². The van der Waals surface area contributed by atoms with Gasteiger partial charge < -0.3 is 14.5 Å². The summed E-state index contributed by atoms with van der Waals surface area (Å²) in [5.41, 5.74) is 0. The average molecular weight is 263 g/mol. The molecule has 1 aliphatic rings. The molecule has 0 aromatic heterocycles. The van der Waals surface area contributed by atoms with E-state index in [0.29, 0.717) is 39.2 Å².